The van der Waals surface area contributed by atoms with E-state index in [0.29, 0.717) is 18.9 Å². The zero-order valence-corrected chi connectivity index (χ0v) is 11.7. The standard InChI is InChI=1S/C14H16N4O3/c1-9-2-3-11(21-9)8-18-12(4-5-16-18)17-7-10(14(15)20)6-13(17)19/h2-5,10H,6-8H2,1H3,(H2,15,20). The van der Waals surface area contributed by atoms with E-state index >= 15 is 0 Å². The van der Waals surface area contributed by atoms with Crippen molar-refractivity contribution in [3.05, 3.63) is 35.9 Å². The lowest BCUT2D eigenvalue weighted by Crippen LogP contribution is -2.30. The van der Waals surface area contributed by atoms with Gasteiger partial charge >= 0.3 is 0 Å². The molecule has 0 aromatic carbocycles. The number of amides is 2. The first-order valence-corrected chi connectivity index (χ1v) is 6.71. The number of primary amides is 1. The number of rotatable bonds is 4. The highest BCUT2D eigenvalue weighted by atomic mass is 16.3. The predicted octanol–water partition coefficient (Wildman–Crippen LogP) is 0.671. The van der Waals surface area contributed by atoms with Crippen LogP contribution in [0.2, 0.25) is 0 Å². The normalized spacial score (nSPS) is 18.4. The van der Waals surface area contributed by atoms with Gasteiger partial charge in [0.25, 0.3) is 0 Å². The maximum atomic E-state index is 12.0. The second-order valence-electron chi connectivity index (χ2n) is 5.17. The summed E-state index contributed by atoms with van der Waals surface area (Å²) in [6.45, 7) is 2.60. The lowest BCUT2D eigenvalue weighted by Gasteiger charge is -2.17. The number of carbonyl (C=O) groups excluding carboxylic acids is 2. The van der Waals surface area contributed by atoms with Gasteiger partial charge in [0.05, 0.1) is 12.1 Å². The molecule has 0 spiro atoms. The van der Waals surface area contributed by atoms with E-state index in [1.807, 2.05) is 19.1 Å². The van der Waals surface area contributed by atoms with Gasteiger partial charge in [-0.2, -0.15) is 5.10 Å². The molecule has 1 fully saturated rings. The topological polar surface area (TPSA) is 94.4 Å². The van der Waals surface area contributed by atoms with E-state index < -0.39 is 11.8 Å². The third kappa shape index (κ3) is 2.54. The molecule has 110 valence electrons. The molecule has 3 heterocycles. The molecule has 0 saturated carbocycles. The Morgan fingerprint density at radius 1 is 1.48 bits per heavy atom. The van der Waals surface area contributed by atoms with Gasteiger partial charge < -0.3 is 10.2 Å². The highest BCUT2D eigenvalue weighted by molar-refractivity contribution is 5.99. The van der Waals surface area contributed by atoms with Crippen LogP contribution in [0.1, 0.15) is 17.9 Å². The van der Waals surface area contributed by atoms with Crippen LogP contribution in [0, 0.1) is 12.8 Å². The van der Waals surface area contributed by atoms with Crippen LogP contribution in [0.3, 0.4) is 0 Å². The fourth-order valence-electron chi connectivity index (χ4n) is 2.51. The molecule has 2 aromatic heterocycles. The average molecular weight is 288 g/mol. The van der Waals surface area contributed by atoms with Crippen LogP contribution in [0.25, 0.3) is 0 Å². The zero-order chi connectivity index (χ0) is 15.0. The van der Waals surface area contributed by atoms with Crippen molar-refractivity contribution in [2.24, 2.45) is 11.7 Å². The second-order valence-corrected chi connectivity index (χ2v) is 5.17. The average Bonchev–Trinajstić information content (AvgIpc) is 3.11. The minimum atomic E-state index is -0.446. The summed E-state index contributed by atoms with van der Waals surface area (Å²) in [4.78, 5) is 24.9. The molecule has 0 aliphatic carbocycles. The third-order valence-electron chi connectivity index (χ3n) is 3.60. The van der Waals surface area contributed by atoms with Crippen LogP contribution in [-0.2, 0) is 16.1 Å². The largest absolute Gasteiger partial charge is 0.464 e. The van der Waals surface area contributed by atoms with Crippen molar-refractivity contribution in [1.29, 1.82) is 0 Å². The van der Waals surface area contributed by atoms with Gasteiger partial charge in [0, 0.05) is 19.0 Å². The van der Waals surface area contributed by atoms with Crippen LogP contribution < -0.4 is 10.6 Å². The molecule has 3 rings (SSSR count). The Balaban J connectivity index is 1.82. The Morgan fingerprint density at radius 2 is 2.29 bits per heavy atom. The molecule has 2 N–H and O–H groups in total. The minimum absolute atomic E-state index is 0.115. The maximum absolute atomic E-state index is 12.0. The Kier molecular flexibility index (Phi) is 3.25. The Hall–Kier alpha value is -2.57. The van der Waals surface area contributed by atoms with Crippen molar-refractivity contribution >= 4 is 17.6 Å². The molecule has 2 amide bonds. The van der Waals surface area contributed by atoms with E-state index in [1.54, 1.807) is 21.8 Å². The van der Waals surface area contributed by atoms with Crippen molar-refractivity contribution < 1.29 is 14.0 Å². The van der Waals surface area contributed by atoms with Crippen molar-refractivity contribution in [2.75, 3.05) is 11.4 Å². The summed E-state index contributed by atoms with van der Waals surface area (Å²) in [5.41, 5.74) is 5.28. The number of aryl methyl sites for hydroxylation is 1. The van der Waals surface area contributed by atoms with E-state index in [2.05, 4.69) is 5.10 Å². The summed E-state index contributed by atoms with van der Waals surface area (Å²) < 4.78 is 7.20. The van der Waals surface area contributed by atoms with Crippen molar-refractivity contribution in [2.45, 2.75) is 19.9 Å². The van der Waals surface area contributed by atoms with Crippen LogP contribution >= 0.6 is 0 Å². The van der Waals surface area contributed by atoms with Gasteiger partial charge in [-0.3, -0.25) is 14.5 Å². The first-order valence-electron chi connectivity index (χ1n) is 6.71. The number of hydrogen-bond acceptors (Lipinski definition) is 4. The zero-order valence-electron chi connectivity index (χ0n) is 11.7. The van der Waals surface area contributed by atoms with E-state index in [4.69, 9.17) is 10.2 Å². The Morgan fingerprint density at radius 3 is 2.90 bits per heavy atom. The van der Waals surface area contributed by atoms with Crippen LogP contribution in [0.5, 0.6) is 0 Å². The fraction of sp³-hybridized carbons (Fsp3) is 0.357. The highest BCUT2D eigenvalue weighted by Crippen LogP contribution is 2.25. The molecular weight excluding hydrogens is 272 g/mol. The van der Waals surface area contributed by atoms with Gasteiger partial charge in [-0.15, -0.1) is 0 Å². The molecule has 0 bridgehead atoms. The van der Waals surface area contributed by atoms with Crippen LogP contribution in [0.4, 0.5) is 5.82 Å². The molecular formula is C14H16N4O3. The molecule has 1 aliphatic heterocycles. The van der Waals surface area contributed by atoms with E-state index in [9.17, 15) is 9.59 Å². The quantitative estimate of drug-likeness (QED) is 0.894. The molecule has 7 heteroatoms. The third-order valence-corrected chi connectivity index (χ3v) is 3.60. The number of furan rings is 1. The second kappa shape index (κ2) is 5.08. The van der Waals surface area contributed by atoms with Crippen molar-refractivity contribution in [3.63, 3.8) is 0 Å². The molecule has 2 aromatic rings. The van der Waals surface area contributed by atoms with Gasteiger partial charge in [-0.05, 0) is 19.1 Å². The number of carbonyl (C=O) groups is 2. The van der Waals surface area contributed by atoms with E-state index in [0.717, 1.165) is 11.5 Å². The van der Waals surface area contributed by atoms with Gasteiger partial charge in [-0.1, -0.05) is 0 Å². The number of hydrogen-bond donors (Lipinski definition) is 1. The SMILES string of the molecule is Cc1ccc(Cn2nccc2N2CC(C(N)=O)CC2=O)o1. The van der Waals surface area contributed by atoms with E-state index in [1.165, 1.54) is 0 Å². The molecule has 1 atom stereocenters. The monoisotopic (exact) mass is 288 g/mol. The lowest BCUT2D eigenvalue weighted by atomic mass is 10.1. The van der Waals surface area contributed by atoms with Gasteiger partial charge in [0.1, 0.15) is 23.9 Å². The minimum Gasteiger partial charge on any atom is -0.464 e. The van der Waals surface area contributed by atoms with Crippen LogP contribution in [0.15, 0.2) is 28.8 Å². The highest BCUT2D eigenvalue weighted by Gasteiger charge is 2.35. The predicted molar refractivity (Wildman–Crippen MR) is 74.4 cm³/mol. The lowest BCUT2D eigenvalue weighted by molar-refractivity contribution is -0.123. The smallest absolute Gasteiger partial charge is 0.229 e. The molecule has 0 radical (unpaired) electrons. The summed E-state index contributed by atoms with van der Waals surface area (Å²) in [6.07, 6.45) is 1.77. The summed E-state index contributed by atoms with van der Waals surface area (Å²) >= 11 is 0. The maximum Gasteiger partial charge on any atom is 0.229 e. The van der Waals surface area contributed by atoms with E-state index in [-0.39, 0.29) is 12.3 Å². The molecule has 1 saturated heterocycles. The van der Waals surface area contributed by atoms with Gasteiger partial charge in [0.15, 0.2) is 0 Å². The Labute approximate surface area is 121 Å². The first kappa shape index (κ1) is 13.4. The molecule has 21 heavy (non-hydrogen) atoms. The number of nitrogens with zero attached hydrogens (tertiary/aromatic N) is 3. The van der Waals surface area contributed by atoms with Crippen LogP contribution in [-0.4, -0.2) is 28.1 Å². The summed E-state index contributed by atoms with van der Waals surface area (Å²) in [6, 6.07) is 5.50. The number of aromatic nitrogens is 2. The van der Waals surface area contributed by atoms with Crippen molar-refractivity contribution in [1.82, 2.24) is 9.78 Å². The summed E-state index contributed by atoms with van der Waals surface area (Å²) in [5, 5.41) is 4.22. The summed E-state index contributed by atoms with van der Waals surface area (Å²) in [7, 11) is 0. The van der Waals surface area contributed by atoms with Gasteiger partial charge in [0.2, 0.25) is 11.8 Å². The molecule has 1 unspecified atom stereocenters. The van der Waals surface area contributed by atoms with Crippen molar-refractivity contribution in [3.8, 4) is 0 Å². The number of nitrogens with two attached hydrogens (primary N) is 1. The Bertz CT molecular complexity index is 688. The molecule has 1 aliphatic rings. The first-order chi connectivity index (χ1) is 10.0. The fourth-order valence-corrected chi connectivity index (χ4v) is 2.51. The number of anilines is 1. The summed E-state index contributed by atoms with van der Waals surface area (Å²) in [5.74, 6) is 1.24. The molecule has 7 nitrogen and oxygen atoms in total. The van der Waals surface area contributed by atoms with Gasteiger partial charge in [-0.25, -0.2) is 4.68 Å².